The number of amides is 2. The van der Waals surface area contributed by atoms with Crippen LogP contribution in [0.25, 0.3) is 0 Å². The first-order chi connectivity index (χ1) is 24.1. The second kappa shape index (κ2) is 17.7. The highest BCUT2D eigenvalue weighted by Crippen LogP contribution is 2.26. The number of likely N-dealkylation sites (tertiary alicyclic amines) is 1. The van der Waals surface area contributed by atoms with Gasteiger partial charge >= 0.3 is 5.97 Å². The third kappa shape index (κ3) is 10.0. The Morgan fingerprint density at radius 2 is 1.46 bits per heavy atom. The van der Waals surface area contributed by atoms with Crippen LogP contribution in [0.4, 0.5) is 8.78 Å². The molecule has 3 heterocycles. The van der Waals surface area contributed by atoms with E-state index in [4.69, 9.17) is 26.0 Å². The second-order valence-corrected chi connectivity index (χ2v) is 13.6. The van der Waals surface area contributed by atoms with Gasteiger partial charge in [0.25, 0.3) is 0 Å². The lowest BCUT2D eigenvalue weighted by Gasteiger charge is -2.31. The van der Waals surface area contributed by atoms with Crippen LogP contribution >= 0.6 is 11.6 Å². The van der Waals surface area contributed by atoms with Gasteiger partial charge in [-0.05, 0) is 68.5 Å². The van der Waals surface area contributed by atoms with Gasteiger partial charge in [0.15, 0.2) is 11.6 Å². The van der Waals surface area contributed by atoms with E-state index in [0.717, 1.165) is 36.2 Å². The number of ether oxygens (including phenoxy) is 1. The van der Waals surface area contributed by atoms with Gasteiger partial charge in [0.05, 0.1) is 36.8 Å². The van der Waals surface area contributed by atoms with Gasteiger partial charge in [0.2, 0.25) is 11.8 Å². The molecule has 10 nitrogen and oxygen atoms in total. The van der Waals surface area contributed by atoms with Crippen LogP contribution in [-0.2, 0) is 28.8 Å². The Kier molecular flexibility index (Phi) is 13.2. The number of oxime groups is 2. The molecular formula is C37H45ClF2N4O6. The van der Waals surface area contributed by atoms with Gasteiger partial charge in [0.1, 0.15) is 12.2 Å². The largest absolute Gasteiger partial charge is 0.466 e. The van der Waals surface area contributed by atoms with Gasteiger partial charge < -0.3 is 24.2 Å². The highest BCUT2D eigenvalue weighted by Gasteiger charge is 2.32. The van der Waals surface area contributed by atoms with Crippen molar-refractivity contribution in [1.29, 1.82) is 0 Å². The lowest BCUT2D eigenvalue weighted by atomic mass is 9.94. The molecule has 0 spiro atoms. The molecule has 2 unspecified atom stereocenters. The van der Waals surface area contributed by atoms with Crippen LogP contribution in [0.5, 0.6) is 0 Å². The minimum Gasteiger partial charge on any atom is -0.466 e. The van der Waals surface area contributed by atoms with E-state index in [2.05, 4.69) is 10.3 Å². The molecule has 270 valence electrons. The zero-order chi connectivity index (χ0) is 35.6. The van der Waals surface area contributed by atoms with E-state index >= 15 is 0 Å². The number of halogens is 3. The third-order valence-corrected chi connectivity index (χ3v) is 9.94. The molecule has 50 heavy (non-hydrogen) atoms. The number of carbonyl (C=O) groups excluding carboxylic acids is 3. The van der Waals surface area contributed by atoms with Crippen LogP contribution in [0, 0.1) is 17.6 Å². The van der Waals surface area contributed by atoms with Gasteiger partial charge in [-0.1, -0.05) is 53.3 Å². The van der Waals surface area contributed by atoms with Gasteiger partial charge in [-0.2, -0.15) is 0 Å². The molecule has 13 heteroatoms. The number of nitrogens with zero attached hydrogens (tertiary/aromatic N) is 4. The van der Waals surface area contributed by atoms with E-state index in [9.17, 15) is 23.2 Å². The number of piperidine rings is 1. The van der Waals surface area contributed by atoms with Crippen molar-refractivity contribution in [3.8, 4) is 0 Å². The van der Waals surface area contributed by atoms with Crippen LogP contribution in [0.15, 0.2) is 52.8 Å². The lowest BCUT2D eigenvalue weighted by molar-refractivity contribution is -0.151. The maximum absolute atomic E-state index is 13.3. The average molecular weight is 715 g/mol. The maximum atomic E-state index is 13.3. The number of rotatable bonds is 9. The van der Waals surface area contributed by atoms with Crippen molar-refractivity contribution < 1.29 is 37.6 Å². The zero-order valence-corrected chi connectivity index (χ0v) is 29.4. The fraction of sp³-hybridized carbons (Fsp3) is 0.541. The van der Waals surface area contributed by atoms with Crippen LogP contribution in [-0.4, -0.2) is 84.0 Å². The summed E-state index contributed by atoms with van der Waals surface area (Å²) in [6, 6.07) is 11.4. The molecule has 1 saturated heterocycles. The highest BCUT2D eigenvalue weighted by molar-refractivity contribution is 6.30. The molecule has 2 amide bonds. The molecule has 3 aliphatic heterocycles. The molecule has 2 aromatic carbocycles. The summed E-state index contributed by atoms with van der Waals surface area (Å²) in [4.78, 5) is 51.1. The zero-order valence-electron chi connectivity index (χ0n) is 28.6. The molecule has 4 aliphatic rings. The molecule has 2 fully saturated rings. The fourth-order valence-corrected chi connectivity index (χ4v) is 6.82. The topological polar surface area (TPSA) is 110 Å². The molecule has 2 aromatic rings. The van der Waals surface area contributed by atoms with Crippen LogP contribution in [0.1, 0.15) is 88.7 Å². The maximum Gasteiger partial charge on any atom is 0.309 e. The van der Waals surface area contributed by atoms with E-state index in [1.54, 1.807) is 11.8 Å². The summed E-state index contributed by atoms with van der Waals surface area (Å²) < 4.78 is 31.4. The van der Waals surface area contributed by atoms with Crippen LogP contribution < -0.4 is 0 Å². The molecule has 6 rings (SSSR count). The average Bonchev–Trinajstić information content (AvgIpc) is 3.80. The summed E-state index contributed by atoms with van der Waals surface area (Å²) in [5, 5.41) is 8.72. The second-order valence-electron chi connectivity index (χ2n) is 13.2. The van der Waals surface area contributed by atoms with E-state index in [-0.39, 0.29) is 42.3 Å². The summed E-state index contributed by atoms with van der Waals surface area (Å²) in [5.41, 5.74) is 2.83. The first kappa shape index (κ1) is 37.2. The Hall–Kier alpha value is -4.06. The normalized spacial score (nSPS) is 20.9. The van der Waals surface area contributed by atoms with E-state index in [1.165, 1.54) is 25.3 Å². The first-order valence-corrected chi connectivity index (χ1v) is 17.9. The van der Waals surface area contributed by atoms with E-state index < -0.39 is 11.6 Å². The predicted octanol–water partition coefficient (Wildman–Crippen LogP) is 6.66. The van der Waals surface area contributed by atoms with Gasteiger partial charge in [-0.15, -0.1) is 0 Å². The lowest BCUT2D eigenvalue weighted by Crippen LogP contribution is -2.41. The Bertz CT molecular complexity index is 1560. The Morgan fingerprint density at radius 1 is 0.860 bits per heavy atom. The SMILES string of the molecule is CCOC(=O)C1CCN(C(=O)CC2CC(c3ccc(Cl)cc3)=NO2)CC1.CN(C(=O)CC1CC(c2ccc(F)c(F)c2)=NO1)C1CCCCC1. The Morgan fingerprint density at radius 3 is 2.08 bits per heavy atom. The smallest absolute Gasteiger partial charge is 0.309 e. The molecule has 0 bridgehead atoms. The van der Waals surface area contributed by atoms with E-state index in [1.807, 2.05) is 36.2 Å². The highest BCUT2D eigenvalue weighted by atomic mass is 35.5. The van der Waals surface area contributed by atoms with Crippen molar-refractivity contribution in [3.63, 3.8) is 0 Å². The van der Waals surface area contributed by atoms with Crippen LogP contribution in [0.3, 0.4) is 0 Å². The quantitative estimate of drug-likeness (QED) is 0.269. The van der Waals surface area contributed by atoms with Crippen LogP contribution in [0.2, 0.25) is 5.02 Å². The molecule has 1 saturated carbocycles. The third-order valence-electron chi connectivity index (χ3n) is 9.68. The van der Waals surface area contributed by atoms with E-state index in [0.29, 0.717) is 74.1 Å². The minimum atomic E-state index is -0.910. The van der Waals surface area contributed by atoms with Gasteiger partial charge in [0, 0.05) is 49.6 Å². The van der Waals surface area contributed by atoms with Crippen molar-refractivity contribution in [1.82, 2.24) is 9.80 Å². The number of hydrogen-bond acceptors (Lipinski definition) is 8. The van der Waals surface area contributed by atoms with Crippen molar-refractivity contribution in [2.24, 2.45) is 16.2 Å². The molecule has 0 radical (unpaired) electrons. The first-order valence-electron chi connectivity index (χ1n) is 17.5. The molecule has 0 aromatic heterocycles. The number of benzene rings is 2. The number of esters is 1. The molecular weight excluding hydrogens is 670 g/mol. The summed E-state index contributed by atoms with van der Waals surface area (Å²) >= 11 is 5.90. The molecule has 0 N–H and O–H groups in total. The number of carbonyl (C=O) groups is 3. The summed E-state index contributed by atoms with van der Waals surface area (Å²) in [6.45, 7) is 3.37. The fourth-order valence-electron chi connectivity index (χ4n) is 6.69. The van der Waals surface area contributed by atoms with Crippen molar-refractivity contribution in [3.05, 3.63) is 70.2 Å². The van der Waals surface area contributed by atoms with Gasteiger partial charge in [-0.25, -0.2) is 8.78 Å². The standard InChI is InChI=1S/C19H23ClN2O4.C18H22F2N2O2/c1-2-25-19(24)14-7-9-22(10-8-14)18(23)12-16-11-17(21-26-16)13-3-5-15(20)6-4-13;1-22(13-5-3-2-4-6-13)18(23)11-14-10-17(21-24-14)12-7-8-15(19)16(20)9-12/h3-6,14,16H,2,7-12H2,1H3;7-9,13-14H,2-6,10-11H2,1H3. The summed E-state index contributed by atoms with van der Waals surface area (Å²) in [5.74, 6) is -1.95. The van der Waals surface area contributed by atoms with Crippen molar-refractivity contribution >= 4 is 40.8 Å². The summed E-state index contributed by atoms with van der Waals surface area (Å²) in [7, 11) is 1.85. The molecule has 1 aliphatic carbocycles. The minimum absolute atomic E-state index is 0.0462. The van der Waals surface area contributed by atoms with Crippen molar-refractivity contribution in [2.75, 3.05) is 26.7 Å². The Balaban J connectivity index is 0.000000195. The number of hydrogen-bond donors (Lipinski definition) is 0. The Labute approximate surface area is 296 Å². The monoisotopic (exact) mass is 714 g/mol. The van der Waals surface area contributed by atoms with Gasteiger partial charge in [-0.3, -0.25) is 14.4 Å². The predicted molar refractivity (Wildman–Crippen MR) is 185 cm³/mol. The summed E-state index contributed by atoms with van der Waals surface area (Å²) in [6.07, 6.45) is 8.02. The molecule has 2 atom stereocenters. The van der Waals surface area contributed by atoms with Crippen molar-refractivity contribution in [2.45, 2.75) is 95.8 Å².